The highest BCUT2D eigenvalue weighted by Gasteiger charge is 2.55. The van der Waals surface area contributed by atoms with Crippen molar-refractivity contribution in [3.63, 3.8) is 0 Å². The molecule has 4 heterocycles. The molecule has 25 heteroatoms. The zero-order valence-electron chi connectivity index (χ0n) is 30.0. The molecule has 1 aromatic carbocycles. The number of nitrogens with one attached hydrogen (secondary N) is 1. The standard InChI is InChI=1S/C32H48N2O23/c1-10(39)33-17-20(42)18(40)13(6-35)51-29(17)57-28-19(41)14(7-36)52-32(25(28)47)56-27-16(9-38)54-31(24(46)22(27)44)55-26-15(8-37)53-30(23(45)21(26)43)50-12-4-2-11(3-5-12)34(48)49/h2-5,13-32,35-38,40-47H,6-9H2,1H3,(H,33,39)/t13-,14-,15-,16-,17-,18-,19-,20-,21-,22-,23-,24-,25-,26-,27-,28+,29+,30?,31-,32-/m1/s1. The van der Waals surface area contributed by atoms with Gasteiger partial charge in [-0.05, 0) is 12.1 Å². The van der Waals surface area contributed by atoms with Crippen LogP contribution in [0.2, 0.25) is 0 Å². The van der Waals surface area contributed by atoms with E-state index in [2.05, 4.69) is 5.32 Å². The van der Waals surface area contributed by atoms with E-state index in [-0.39, 0.29) is 11.4 Å². The molecule has 13 N–H and O–H groups in total. The molecule has 5 rings (SSSR count). The number of carbonyl (C=O) groups is 1. The molecule has 1 aromatic rings. The van der Waals surface area contributed by atoms with Crippen LogP contribution in [0.15, 0.2) is 24.3 Å². The van der Waals surface area contributed by atoms with Gasteiger partial charge in [-0.2, -0.15) is 0 Å². The topological polar surface area (TPSA) is 389 Å². The minimum atomic E-state index is -2.08. The fourth-order valence-corrected chi connectivity index (χ4v) is 6.81. The molecule has 0 aliphatic carbocycles. The summed E-state index contributed by atoms with van der Waals surface area (Å²) in [5.41, 5.74) is -0.255. The number of rotatable bonds is 14. The quantitative estimate of drug-likeness (QED) is 0.0612. The Hall–Kier alpha value is -2.87. The number of hydrogen-bond acceptors (Lipinski definition) is 23. The van der Waals surface area contributed by atoms with Crippen LogP contribution in [0, 0.1) is 10.1 Å². The smallest absolute Gasteiger partial charge is 0.269 e. The average molecular weight is 829 g/mol. The fourth-order valence-electron chi connectivity index (χ4n) is 6.81. The molecule has 20 atom stereocenters. The van der Waals surface area contributed by atoms with Crippen molar-refractivity contribution in [2.75, 3.05) is 26.4 Å². The van der Waals surface area contributed by atoms with Crippen molar-refractivity contribution in [3.8, 4) is 5.75 Å². The van der Waals surface area contributed by atoms with Crippen LogP contribution in [-0.2, 0) is 38.0 Å². The Morgan fingerprint density at radius 1 is 0.596 bits per heavy atom. The van der Waals surface area contributed by atoms with Crippen LogP contribution in [0.4, 0.5) is 5.69 Å². The van der Waals surface area contributed by atoms with Gasteiger partial charge in [-0.1, -0.05) is 0 Å². The maximum Gasteiger partial charge on any atom is 0.269 e. The Kier molecular flexibility index (Phi) is 15.4. The summed E-state index contributed by atoms with van der Waals surface area (Å²) in [5.74, 6) is -0.712. The second-order valence-corrected chi connectivity index (χ2v) is 13.7. The van der Waals surface area contributed by atoms with E-state index in [4.69, 9.17) is 37.9 Å². The molecule has 324 valence electrons. The largest absolute Gasteiger partial charge is 0.462 e. The van der Waals surface area contributed by atoms with Crippen molar-refractivity contribution in [1.29, 1.82) is 0 Å². The first-order valence-corrected chi connectivity index (χ1v) is 17.7. The molecule has 4 aliphatic heterocycles. The molecule has 4 aliphatic rings. The molecule has 57 heavy (non-hydrogen) atoms. The Balaban J connectivity index is 1.27. The molecule has 0 aromatic heterocycles. The maximum absolute atomic E-state index is 11.9. The number of nitrogens with zero attached hydrogens (tertiary/aromatic N) is 1. The number of nitro groups is 1. The zero-order valence-corrected chi connectivity index (χ0v) is 30.0. The van der Waals surface area contributed by atoms with Crippen molar-refractivity contribution < 1.29 is 109 Å². The number of aliphatic hydroxyl groups is 12. The monoisotopic (exact) mass is 828 g/mol. The molecule has 0 saturated carbocycles. The summed E-state index contributed by atoms with van der Waals surface area (Å²) in [6, 6.07) is 3.12. The van der Waals surface area contributed by atoms with Crippen molar-refractivity contribution in [2.45, 2.75) is 130 Å². The van der Waals surface area contributed by atoms with Gasteiger partial charge in [0.15, 0.2) is 18.9 Å². The predicted molar refractivity (Wildman–Crippen MR) is 177 cm³/mol. The number of amides is 1. The molecule has 4 fully saturated rings. The van der Waals surface area contributed by atoms with Gasteiger partial charge in [0.1, 0.15) is 103 Å². The predicted octanol–water partition coefficient (Wildman–Crippen LogP) is -7.61. The van der Waals surface area contributed by atoms with E-state index in [1.165, 1.54) is 12.1 Å². The maximum atomic E-state index is 11.9. The summed E-state index contributed by atoms with van der Waals surface area (Å²) >= 11 is 0. The average Bonchev–Trinajstić information content (AvgIpc) is 3.19. The van der Waals surface area contributed by atoms with Crippen molar-refractivity contribution in [2.24, 2.45) is 0 Å². The van der Waals surface area contributed by atoms with Gasteiger partial charge in [-0.3, -0.25) is 14.9 Å². The number of nitro benzene ring substituents is 1. The summed E-state index contributed by atoms with van der Waals surface area (Å²) in [5, 5.41) is 140. The van der Waals surface area contributed by atoms with E-state index in [1.54, 1.807) is 0 Å². The highest BCUT2D eigenvalue weighted by Crippen LogP contribution is 2.35. The third-order valence-electron chi connectivity index (χ3n) is 9.89. The minimum Gasteiger partial charge on any atom is -0.462 e. The van der Waals surface area contributed by atoms with Gasteiger partial charge < -0.3 is 104 Å². The fraction of sp³-hybridized carbons (Fsp3) is 0.781. The highest BCUT2D eigenvalue weighted by atomic mass is 16.8. The van der Waals surface area contributed by atoms with Gasteiger partial charge in [0, 0.05) is 19.1 Å². The Morgan fingerprint density at radius 3 is 1.54 bits per heavy atom. The van der Waals surface area contributed by atoms with Gasteiger partial charge >= 0.3 is 0 Å². The van der Waals surface area contributed by atoms with Gasteiger partial charge in [0.25, 0.3) is 5.69 Å². The van der Waals surface area contributed by atoms with Crippen LogP contribution in [0.3, 0.4) is 0 Å². The minimum absolute atomic E-state index is 0.00543. The van der Waals surface area contributed by atoms with E-state index < -0.39 is 160 Å². The number of ether oxygens (including phenoxy) is 8. The Bertz CT molecular complexity index is 1460. The zero-order chi connectivity index (χ0) is 41.9. The van der Waals surface area contributed by atoms with Crippen LogP contribution >= 0.6 is 0 Å². The summed E-state index contributed by atoms with van der Waals surface area (Å²) in [6.45, 7) is -2.47. The second-order valence-electron chi connectivity index (χ2n) is 13.7. The number of carbonyl (C=O) groups excluding carboxylic acids is 1. The highest BCUT2D eigenvalue weighted by molar-refractivity contribution is 5.73. The lowest BCUT2D eigenvalue weighted by Crippen LogP contribution is -2.69. The van der Waals surface area contributed by atoms with Crippen molar-refractivity contribution >= 4 is 11.6 Å². The van der Waals surface area contributed by atoms with E-state index >= 15 is 0 Å². The molecule has 1 unspecified atom stereocenters. The van der Waals surface area contributed by atoms with Gasteiger partial charge in [-0.25, -0.2) is 0 Å². The normalized spacial score (nSPS) is 43.9. The molecule has 25 nitrogen and oxygen atoms in total. The molecular weight excluding hydrogens is 780 g/mol. The number of hydrogen-bond donors (Lipinski definition) is 13. The summed E-state index contributed by atoms with van der Waals surface area (Å²) < 4.78 is 44.9. The molecular formula is C32H48N2O23. The molecule has 0 bridgehead atoms. The summed E-state index contributed by atoms with van der Waals surface area (Å²) in [6.07, 6.45) is -33.9. The third kappa shape index (κ3) is 9.79. The lowest BCUT2D eigenvalue weighted by Gasteiger charge is -2.49. The van der Waals surface area contributed by atoms with Gasteiger partial charge in [-0.15, -0.1) is 0 Å². The molecule has 0 spiro atoms. The van der Waals surface area contributed by atoms with Crippen molar-refractivity contribution in [3.05, 3.63) is 34.4 Å². The number of aliphatic hydroxyl groups excluding tert-OH is 12. The van der Waals surface area contributed by atoms with Crippen LogP contribution in [0.1, 0.15) is 6.92 Å². The lowest BCUT2D eigenvalue weighted by atomic mass is 9.95. The first-order valence-electron chi connectivity index (χ1n) is 17.7. The van der Waals surface area contributed by atoms with E-state index in [0.29, 0.717) is 0 Å². The van der Waals surface area contributed by atoms with Crippen molar-refractivity contribution in [1.82, 2.24) is 5.32 Å². The number of non-ortho nitro benzene ring substituents is 1. The van der Waals surface area contributed by atoms with Crippen LogP contribution < -0.4 is 10.1 Å². The van der Waals surface area contributed by atoms with Crippen LogP contribution in [-0.4, -0.2) is 221 Å². The SMILES string of the molecule is CC(=O)N[C@H]1[C@H](O[C@@H]2[C@@H](O)[C@@H](O[C@H]3[C@H](O)[C@@H](O)[C@@H](O[C@H]4[C@H](O)[C@@H](O)C(Oc5ccc([N+](=O)[O-])cc5)O[C@@H]4CO)O[C@@H]3CO)O[C@H](CO)[C@H]2O)O[C@H](CO)[C@@H](O)[C@@H]1O. The lowest BCUT2D eigenvalue weighted by molar-refractivity contribution is -0.385. The second kappa shape index (κ2) is 19.5. The first-order chi connectivity index (χ1) is 27.0. The molecule has 0 radical (unpaired) electrons. The van der Waals surface area contributed by atoms with Gasteiger partial charge in [0.05, 0.1) is 31.4 Å². The Labute approximate surface area is 322 Å². The molecule has 1 amide bonds. The summed E-state index contributed by atoms with van der Waals surface area (Å²) in [4.78, 5) is 22.2. The third-order valence-corrected chi connectivity index (χ3v) is 9.89. The van der Waals surface area contributed by atoms with Gasteiger partial charge in [0.2, 0.25) is 12.2 Å². The molecule has 4 saturated heterocycles. The van der Waals surface area contributed by atoms with Crippen LogP contribution in [0.5, 0.6) is 5.75 Å². The first kappa shape index (κ1) is 45.2. The van der Waals surface area contributed by atoms with Crippen LogP contribution in [0.25, 0.3) is 0 Å². The van der Waals surface area contributed by atoms with E-state index in [1.807, 2.05) is 0 Å². The van der Waals surface area contributed by atoms with E-state index in [0.717, 1.165) is 19.1 Å². The summed E-state index contributed by atoms with van der Waals surface area (Å²) in [7, 11) is 0. The number of benzene rings is 1. The Morgan fingerprint density at radius 2 is 1.04 bits per heavy atom. The van der Waals surface area contributed by atoms with E-state index in [9.17, 15) is 76.2 Å².